The summed E-state index contributed by atoms with van der Waals surface area (Å²) >= 11 is 0. The molecule has 0 bridgehead atoms. The topological polar surface area (TPSA) is 18.5 Å². The van der Waals surface area contributed by atoms with Gasteiger partial charge in [-0.3, -0.25) is 0 Å². The number of halogens is 3. The van der Waals surface area contributed by atoms with Crippen molar-refractivity contribution in [2.24, 2.45) is 0 Å². The quantitative estimate of drug-likeness (QED) is 0.424. The van der Waals surface area contributed by atoms with Gasteiger partial charge in [-0.15, -0.1) is 0 Å². The first-order valence-electron chi connectivity index (χ1n) is 9.20. The highest BCUT2D eigenvalue weighted by Crippen LogP contribution is 2.26. The maximum Gasteiger partial charge on any atom is 0.201 e. The Morgan fingerprint density at radius 3 is 2.28 bits per heavy atom. The monoisotopic (exact) mass is 398 g/mol. The van der Waals surface area contributed by atoms with Gasteiger partial charge in [0.2, 0.25) is 5.82 Å². The summed E-state index contributed by atoms with van der Waals surface area (Å²) in [6, 6.07) is 15.0. The summed E-state index contributed by atoms with van der Waals surface area (Å²) in [5.74, 6) is -2.45. The van der Waals surface area contributed by atoms with Crippen molar-refractivity contribution in [2.45, 2.75) is 13.5 Å². The van der Waals surface area contributed by atoms with E-state index in [1.165, 1.54) is 31.4 Å². The molecule has 0 unspecified atom stereocenters. The van der Waals surface area contributed by atoms with E-state index in [1.807, 2.05) is 13.0 Å². The van der Waals surface area contributed by atoms with Gasteiger partial charge in [-0.2, -0.15) is 4.39 Å². The summed E-state index contributed by atoms with van der Waals surface area (Å²) in [6.07, 6.45) is 3.14. The van der Waals surface area contributed by atoms with Crippen LogP contribution in [-0.4, -0.2) is 13.7 Å². The van der Waals surface area contributed by atoms with Gasteiger partial charge in [0.25, 0.3) is 0 Å². The molecule has 5 heteroatoms. The van der Waals surface area contributed by atoms with Crippen LogP contribution in [0.2, 0.25) is 0 Å². The molecule has 3 aromatic rings. The Balaban J connectivity index is 1.77. The maximum absolute atomic E-state index is 14.4. The van der Waals surface area contributed by atoms with E-state index in [4.69, 9.17) is 9.47 Å². The van der Waals surface area contributed by atoms with E-state index in [-0.39, 0.29) is 17.1 Å². The van der Waals surface area contributed by atoms with Crippen molar-refractivity contribution in [3.8, 4) is 16.9 Å². The number of benzene rings is 3. The molecular weight excluding hydrogens is 377 g/mol. The zero-order chi connectivity index (χ0) is 20.8. The van der Waals surface area contributed by atoms with E-state index >= 15 is 0 Å². The third kappa shape index (κ3) is 4.87. The minimum absolute atomic E-state index is 0.114. The van der Waals surface area contributed by atoms with Gasteiger partial charge in [-0.1, -0.05) is 48.6 Å². The van der Waals surface area contributed by atoms with Crippen molar-refractivity contribution in [3.05, 3.63) is 88.7 Å². The average Bonchev–Trinajstić information content (AvgIpc) is 2.74. The van der Waals surface area contributed by atoms with Gasteiger partial charge in [0.05, 0.1) is 13.7 Å². The highest BCUT2D eigenvalue weighted by molar-refractivity contribution is 5.72. The van der Waals surface area contributed by atoms with Crippen LogP contribution >= 0.6 is 0 Å². The second-order valence-corrected chi connectivity index (χ2v) is 6.39. The minimum Gasteiger partial charge on any atom is -0.494 e. The normalized spacial score (nSPS) is 11.2. The summed E-state index contributed by atoms with van der Waals surface area (Å²) in [6.45, 7) is 2.84. The largest absolute Gasteiger partial charge is 0.494 e. The van der Waals surface area contributed by atoms with Gasteiger partial charge in [-0.25, -0.2) is 8.78 Å². The van der Waals surface area contributed by atoms with Crippen LogP contribution in [0.25, 0.3) is 23.3 Å². The highest BCUT2D eigenvalue weighted by atomic mass is 19.2. The van der Waals surface area contributed by atoms with E-state index in [0.717, 1.165) is 16.7 Å². The minimum atomic E-state index is -1.02. The molecule has 0 aliphatic carbocycles. The maximum atomic E-state index is 14.4. The second-order valence-electron chi connectivity index (χ2n) is 6.39. The molecule has 0 saturated carbocycles. The van der Waals surface area contributed by atoms with Crippen LogP contribution in [0.3, 0.4) is 0 Å². The molecule has 0 aliphatic rings. The average molecular weight is 398 g/mol. The third-order valence-corrected chi connectivity index (χ3v) is 4.48. The van der Waals surface area contributed by atoms with E-state index < -0.39 is 11.6 Å². The number of hydrogen-bond acceptors (Lipinski definition) is 2. The zero-order valence-corrected chi connectivity index (χ0v) is 16.2. The lowest BCUT2D eigenvalue weighted by molar-refractivity contribution is 0.134. The van der Waals surface area contributed by atoms with E-state index in [1.54, 1.807) is 36.4 Å². The van der Waals surface area contributed by atoms with Crippen LogP contribution in [0.5, 0.6) is 5.75 Å². The third-order valence-electron chi connectivity index (χ3n) is 4.48. The molecule has 3 rings (SSSR count). The van der Waals surface area contributed by atoms with Gasteiger partial charge in [0, 0.05) is 17.7 Å². The molecule has 0 aliphatic heterocycles. The molecule has 0 amide bonds. The summed E-state index contributed by atoms with van der Waals surface area (Å²) in [4.78, 5) is 0. The molecule has 150 valence electrons. The summed E-state index contributed by atoms with van der Waals surface area (Å²) in [5.41, 5.74) is 2.88. The second kappa shape index (κ2) is 9.43. The highest BCUT2D eigenvalue weighted by Gasteiger charge is 2.12. The Bertz CT molecular complexity index is 1010. The van der Waals surface area contributed by atoms with Crippen molar-refractivity contribution in [3.63, 3.8) is 0 Å². The predicted molar refractivity (Wildman–Crippen MR) is 109 cm³/mol. The molecule has 0 spiro atoms. The SMILES string of the molecule is CCOCc1ccc(-c2ccc(/C=C/c3ccc(OC)c(F)c3F)cc2)c(F)c1. The van der Waals surface area contributed by atoms with Gasteiger partial charge >= 0.3 is 0 Å². The lowest BCUT2D eigenvalue weighted by Crippen LogP contribution is -1.94. The summed E-state index contributed by atoms with van der Waals surface area (Å²) in [5, 5.41) is 0. The van der Waals surface area contributed by atoms with E-state index in [9.17, 15) is 13.2 Å². The number of rotatable bonds is 7. The van der Waals surface area contributed by atoms with Crippen LogP contribution in [0, 0.1) is 17.5 Å². The van der Waals surface area contributed by atoms with Crippen molar-refractivity contribution in [1.29, 1.82) is 0 Å². The van der Waals surface area contributed by atoms with E-state index in [2.05, 4.69) is 0 Å². The fraction of sp³-hybridized carbons (Fsp3) is 0.167. The van der Waals surface area contributed by atoms with Crippen molar-refractivity contribution in [1.82, 2.24) is 0 Å². The molecule has 29 heavy (non-hydrogen) atoms. The fourth-order valence-corrected chi connectivity index (χ4v) is 2.90. The molecule has 0 radical (unpaired) electrons. The van der Waals surface area contributed by atoms with Gasteiger partial charge in [0.1, 0.15) is 5.82 Å². The van der Waals surface area contributed by atoms with Crippen LogP contribution in [0.15, 0.2) is 54.6 Å². The lowest BCUT2D eigenvalue weighted by Gasteiger charge is -2.07. The molecule has 3 aromatic carbocycles. The molecule has 0 atom stereocenters. The molecule has 0 fully saturated rings. The standard InChI is InChI=1S/C24H21F3O2/c1-3-29-15-17-7-12-20(21(25)14-17)18-8-4-16(5-9-18)6-10-19-11-13-22(28-2)24(27)23(19)26/h4-14H,3,15H2,1-2H3/b10-6+. The summed E-state index contributed by atoms with van der Waals surface area (Å²) < 4.78 is 52.3. The smallest absolute Gasteiger partial charge is 0.201 e. The predicted octanol–water partition coefficient (Wildman–Crippen LogP) is 6.49. The van der Waals surface area contributed by atoms with Crippen LogP contribution < -0.4 is 4.74 Å². The molecule has 0 saturated heterocycles. The number of hydrogen-bond donors (Lipinski definition) is 0. The first-order valence-corrected chi connectivity index (χ1v) is 9.20. The molecule has 2 nitrogen and oxygen atoms in total. The van der Waals surface area contributed by atoms with Gasteiger partial charge in [-0.05, 0) is 41.8 Å². The van der Waals surface area contributed by atoms with E-state index in [0.29, 0.717) is 18.8 Å². The first-order chi connectivity index (χ1) is 14.0. The molecule has 0 N–H and O–H groups in total. The Labute approximate surface area is 168 Å². The van der Waals surface area contributed by atoms with Crippen molar-refractivity contribution < 1.29 is 22.6 Å². The Kier molecular flexibility index (Phi) is 6.73. The van der Waals surface area contributed by atoms with Gasteiger partial charge in [0.15, 0.2) is 11.6 Å². The molecule has 0 aromatic heterocycles. The Hall–Kier alpha value is -3.05. The van der Waals surface area contributed by atoms with Crippen molar-refractivity contribution in [2.75, 3.05) is 13.7 Å². The number of methoxy groups -OCH3 is 1. The Morgan fingerprint density at radius 2 is 1.62 bits per heavy atom. The van der Waals surface area contributed by atoms with Crippen molar-refractivity contribution >= 4 is 12.2 Å². The van der Waals surface area contributed by atoms with Crippen LogP contribution in [0.4, 0.5) is 13.2 Å². The Morgan fingerprint density at radius 1 is 0.862 bits per heavy atom. The van der Waals surface area contributed by atoms with Crippen LogP contribution in [-0.2, 0) is 11.3 Å². The summed E-state index contributed by atoms with van der Waals surface area (Å²) in [7, 11) is 1.28. The fourth-order valence-electron chi connectivity index (χ4n) is 2.90. The molecule has 0 heterocycles. The molecular formula is C24H21F3O2. The van der Waals surface area contributed by atoms with Gasteiger partial charge < -0.3 is 9.47 Å². The number of ether oxygens (including phenoxy) is 2. The van der Waals surface area contributed by atoms with Crippen LogP contribution in [0.1, 0.15) is 23.6 Å². The zero-order valence-electron chi connectivity index (χ0n) is 16.2. The first kappa shape index (κ1) is 20.7. The lowest BCUT2D eigenvalue weighted by atomic mass is 10.0.